The van der Waals surface area contributed by atoms with Gasteiger partial charge in [0.1, 0.15) is 0 Å². The molecule has 2 amide bonds. The third-order valence-electron chi connectivity index (χ3n) is 4.85. The second-order valence-corrected chi connectivity index (χ2v) is 7.25. The number of nitrogens with zero attached hydrogens (tertiary/aromatic N) is 2. The van der Waals surface area contributed by atoms with E-state index in [4.69, 9.17) is 9.47 Å². The number of ether oxygens (including phenoxy) is 2. The van der Waals surface area contributed by atoms with Gasteiger partial charge in [0.25, 0.3) is 11.8 Å². The average Bonchev–Trinajstić information content (AvgIpc) is 2.84. The lowest BCUT2D eigenvalue weighted by molar-refractivity contribution is 0.0956. The molecule has 8 heteroatoms. The molecule has 33 heavy (non-hydrogen) atoms. The maximum atomic E-state index is 12.8. The average molecular weight is 447 g/mol. The summed E-state index contributed by atoms with van der Waals surface area (Å²) in [6, 6.07) is 19.3. The summed E-state index contributed by atoms with van der Waals surface area (Å²) in [7, 11) is 6.94. The van der Waals surface area contributed by atoms with Gasteiger partial charge in [0.05, 0.1) is 31.7 Å². The number of para-hydroxylation sites is 1. The fourth-order valence-electron chi connectivity index (χ4n) is 3.05. The molecule has 0 saturated carbocycles. The van der Waals surface area contributed by atoms with Gasteiger partial charge in [-0.05, 0) is 48.0 Å². The van der Waals surface area contributed by atoms with Crippen LogP contribution in [-0.2, 0) is 0 Å². The molecule has 0 radical (unpaired) electrons. The number of anilines is 2. The molecule has 8 nitrogen and oxygen atoms in total. The van der Waals surface area contributed by atoms with Crippen molar-refractivity contribution >= 4 is 29.4 Å². The molecule has 0 fully saturated rings. The number of rotatable bonds is 8. The summed E-state index contributed by atoms with van der Waals surface area (Å²) in [6.07, 6.45) is 1.56. The monoisotopic (exact) mass is 446 g/mol. The summed E-state index contributed by atoms with van der Waals surface area (Å²) in [5.74, 6) is 0.118. The number of carbonyl (C=O) groups is 2. The van der Waals surface area contributed by atoms with Crippen molar-refractivity contribution in [1.29, 1.82) is 0 Å². The van der Waals surface area contributed by atoms with E-state index in [0.717, 1.165) is 11.3 Å². The zero-order valence-electron chi connectivity index (χ0n) is 19.0. The quantitative estimate of drug-likeness (QED) is 0.406. The fraction of sp³-hybridized carbons (Fsp3) is 0.160. The van der Waals surface area contributed by atoms with E-state index in [1.54, 1.807) is 48.7 Å². The first-order valence-electron chi connectivity index (χ1n) is 10.2. The molecule has 170 valence electrons. The summed E-state index contributed by atoms with van der Waals surface area (Å²) in [5.41, 5.74) is 5.42. The highest BCUT2D eigenvalue weighted by Gasteiger charge is 2.15. The van der Waals surface area contributed by atoms with Crippen LogP contribution in [0.5, 0.6) is 11.5 Å². The minimum absolute atomic E-state index is 0.284. The summed E-state index contributed by atoms with van der Waals surface area (Å²) in [4.78, 5) is 27.4. The van der Waals surface area contributed by atoms with E-state index in [-0.39, 0.29) is 11.5 Å². The van der Waals surface area contributed by atoms with Crippen molar-refractivity contribution < 1.29 is 19.1 Å². The summed E-state index contributed by atoms with van der Waals surface area (Å²) in [5, 5.41) is 6.80. The van der Waals surface area contributed by atoms with Gasteiger partial charge in [0, 0.05) is 25.3 Å². The highest BCUT2D eigenvalue weighted by molar-refractivity contribution is 6.09. The molecule has 0 aliphatic carbocycles. The van der Waals surface area contributed by atoms with Crippen LogP contribution in [0, 0.1) is 0 Å². The van der Waals surface area contributed by atoms with Crippen molar-refractivity contribution in [3.8, 4) is 11.5 Å². The highest BCUT2D eigenvalue weighted by Crippen LogP contribution is 2.28. The number of hydrazone groups is 1. The van der Waals surface area contributed by atoms with Crippen LogP contribution >= 0.6 is 0 Å². The predicted octanol–water partition coefficient (Wildman–Crippen LogP) is 3.79. The van der Waals surface area contributed by atoms with E-state index < -0.39 is 5.91 Å². The fourth-order valence-corrected chi connectivity index (χ4v) is 3.05. The van der Waals surface area contributed by atoms with Crippen molar-refractivity contribution in [1.82, 2.24) is 5.43 Å². The van der Waals surface area contributed by atoms with Gasteiger partial charge in [-0.15, -0.1) is 0 Å². The lowest BCUT2D eigenvalue weighted by Crippen LogP contribution is -2.21. The van der Waals surface area contributed by atoms with Crippen LogP contribution in [0.15, 0.2) is 71.8 Å². The molecule has 0 aliphatic heterocycles. The number of hydrogen-bond acceptors (Lipinski definition) is 6. The van der Waals surface area contributed by atoms with E-state index in [9.17, 15) is 9.59 Å². The van der Waals surface area contributed by atoms with Crippen LogP contribution in [0.3, 0.4) is 0 Å². The molecule has 0 heterocycles. The first kappa shape index (κ1) is 23.3. The molecule has 0 spiro atoms. The van der Waals surface area contributed by atoms with Gasteiger partial charge in [-0.1, -0.05) is 24.3 Å². The SMILES string of the molecule is COc1ccc(C(=O)Nc2ccccc2C(=O)NN=Cc2ccc(N(C)C)cc2)cc1OC. The van der Waals surface area contributed by atoms with Gasteiger partial charge < -0.3 is 19.7 Å². The Balaban J connectivity index is 1.70. The van der Waals surface area contributed by atoms with Gasteiger partial charge in [0.2, 0.25) is 0 Å². The van der Waals surface area contributed by atoms with E-state index in [2.05, 4.69) is 15.8 Å². The van der Waals surface area contributed by atoms with Gasteiger partial charge in [-0.25, -0.2) is 5.43 Å². The predicted molar refractivity (Wildman–Crippen MR) is 130 cm³/mol. The number of amides is 2. The largest absolute Gasteiger partial charge is 0.493 e. The number of hydrogen-bond donors (Lipinski definition) is 2. The Morgan fingerprint density at radius 2 is 1.58 bits per heavy atom. The number of methoxy groups -OCH3 is 2. The minimum Gasteiger partial charge on any atom is -0.493 e. The second-order valence-electron chi connectivity index (χ2n) is 7.25. The minimum atomic E-state index is -0.445. The Kier molecular flexibility index (Phi) is 7.64. The molecule has 0 bridgehead atoms. The Labute approximate surface area is 192 Å². The molecular formula is C25H26N4O4. The normalized spacial score (nSPS) is 10.5. The van der Waals surface area contributed by atoms with Crippen LogP contribution in [0.25, 0.3) is 0 Å². The Hall–Kier alpha value is -4.33. The smallest absolute Gasteiger partial charge is 0.273 e. The Bertz CT molecular complexity index is 1160. The number of nitrogens with one attached hydrogen (secondary N) is 2. The molecular weight excluding hydrogens is 420 g/mol. The maximum absolute atomic E-state index is 12.8. The Morgan fingerprint density at radius 1 is 0.879 bits per heavy atom. The molecule has 2 N–H and O–H groups in total. The number of carbonyl (C=O) groups excluding carboxylic acids is 2. The van der Waals surface area contributed by atoms with Crippen molar-refractivity contribution in [3.63, 3.8) is 0 Å². The van der Waals surface area contributed by atoms with E-state index in [1.165, 1.54) is 14.2 Å². The van der Waals surface area contributed by atoms with Crippen LogP contribution < -0.4 is 25.1 Å². The van der Waals surface area contributed by atoms with Gasteiger partial charge in [-0.3, -0.25) is 9.59 Å². The zero-order valence-corrected chi connectivity index (χ0v) is 19.0. The molecule has 3 aromatic rings. The lowest BCUT2D eigenvalue weighted by atomic mass is 10.1. The van der Waals surface area contributed by atoms with Crippen LogP contribution in [0.2, 0.25) is 0 Å². The third-order valence-corrected chi connectivity index (χ3v) is 4.85. The maximum Gasteiger partial charge on any atom is 0.273 e. The third kappa shape index (κ3) is 5.88. The summed E-state index contributed by atoms with van der Waals surface area (Å²) < 4.78 is 10.5. The zero-order chi connectivity index (χ0) is 23.8. The van der Waals surface area contributed by atoms with E-state index in [1.807, 2.05) is 43.3 Å². The molecule has 0 aromatic heterocycles. The van der Waals surface area contributed by atoms with Crippen molar-refractivity contribution in [2.24, 2.45) is 5.10 Å². The highest BCUT2D eigenvalue weighted by atomic mass is 16.5. The first-order chi connectivity index (χ1) is 15.9. The topological polar surface area (TPSA) is 92.3 Å². The van der Waals surface area contributed by atoms with Crippen molar-refractivity contribution in [2.45, 2.75) is 0 Å². The molecule has 0 saturated heterocycles. The standard InChI is InChI=1S/C25H26N4O4/c1-29(2)19-12-9-17(10-13-19)16-26-28-25(31)20-7-5-6-8-21(20)27-24(30)18-11-14-22(32-3)23(15-18)33-4/h5-16H,1-4H3,(H,27,30)(H,28,31). The van der Waals surface area contributed by atoms with Gasteiger partial charge in [0.15, 0.2) is 11.5 Å². The second kappa shape index (κ2) is 10.8. The molecule has 0 atom stereocenters. The lowest BCUT2D eigenvalue weighted by Gasteiger charge is -2.12. The van der Waals surface area contributed by atoms with Crippen LogP contribution in [0.4, 0.5) is 11.4 Å². The number of benzene rings is 3. The molecule has 3 aromatic carbocycles. The summed E-state index contributed by atoms with van der Waals surface area (Å²) in [6.45, 7) is 0. The van der Waals surface area contributed by atoms with Crippen LogP contribution in [0.1, 0.15) is 26.3 Å². The summed E-state index contributed by atoms with van der Waals surface area (Å²) >= 11 is 0. The Morgan fingerprint density at radius 3 is 2.24 bits per heavy atom. The van der Waals surface area contributed by atoms with Crippen LogP contribution in [-0.4, -0.2) is 46.3 Å². The molecule has 3 rings (SSSR count). The molecule has 0 unspecified atom stereocenters. The van der Waals surface area contributed by atoms with E-state index in [0.29, 0.717) is 22.7 Å². The van der Waals surface area contributed by atoms with Gasteiger partial charge >= 0.3 is 0 Å². The van der Waals surface area contributed by atoms with Crippen molar-refractivity contribution in [2.75, 3.05) is 38.5 Å². The molecule has 0 aliphatic rings. The van der Waals surface area contributed by atoms with E-state index >= 15 is 0 Å². The first-order valence-corrected chi connectivity index (χ1v) is 10.2. The van der Waals surface area contributed by atoms with Crippen molar-refractivity contribution in [3.05, 3.63) is 83.4 Å². The van der Waals surface area contributed by atoms with Gasteiger partial charge in [-0.2, -0.15) is 5.10 Å².